The molecule has 1 saturated carbocycles. The standard InChI is InChI=1S/C18H23N5O/c24-18(23-12-8-14-5-1-2-7-16(14)23)20-17-9-11-22(21-17)13-15-6-3-4-10-19-15/h3-4,6,9-11,14,16H,1-2,5,7-8,12-13H2,(H,20,21,24)/t14-,16-/m0/s1. The molecule has 2 fully saturated rings. The summed E-state index contributed by atoms with van der Waals surface area (Å²) in [4.78, 5) is 18.9. The zero-order chi connectivity index (χ0) is 16.4. The molecule has 24 heavy (non-hydrogen) atoms. The number of likely N-dealkylation sites (tertiary alicyclic amines) is 1. The van der Waals surface area contributed by atoms with Gasteiger partial charge in [0.05, 0.1) is 12.2 Å². The van der Waals surface area contributed by atoms with Crippen molar-refractivity contribution in [2.75, 3.05) is 11.9 Å². The normalized spacial score (nSPS) is 23.1. The number of hydrogen-bond donors (Lipinski definition) is 1. The SMILES string of the molecule is O=C(Nc1ccn(Cc2ccccn2)n1)N1CC[C@@H]2CCCC[C@@H]21. The molecule has 2 aromatic rings. The highest BCUT2D eigenvalue weighted by Gasteiger charge is 2.38. The molecule has 4 rings (SSSR count). The fourth-order valence-corrected chi connectivity index (χ4v) is 4.01. The van der Waals surface area contributed by atoms with E-state index in [4.69, 9.17) is 0 Å². The summed E-state index contributed by atoms with van der Waals surface area (Å²) < 4.78 is 1.80. The first-order valence-electron chi connectivity index (χ1n) is 8.80. The van der Waals surface area contributed by atoms with Gasteiger partial charge in [0.2, 0.25) is 0 Å². The Morgan fingerprint density at radius 3 is 3.00 bits per heavy atom. The first kappa shape index (κ1) is 15.2. The van der Waals surface area contributed by atoms with Crippen LogP contribution in [0, 0.1) is 5.92 Å². The van der Waals surface area contributed by atoms with Gasteiger partial charge in [0.25, 0.3) is 0 Å². The molecular formula is C18H23N5O. The fourth-order valence-electron chi connectivity index (χ4n) is 4.01. The van der Waals surface area contributed by atoms with Crippen LogP contribution in [0.15, 0.2) is 36.7 Å². The van der Waals surface area contributed by atoms with Gasteiger partial charge in [-0.25, -0.2) is 4.79 Å². The molecule has 0 aromatic carbocycles. The van der Waals surface area contributed by atoms with Crippen LogP contribution < -0.4 is 5.32 Å². The highest BCUT2D eigenvalue weighted by Crippen LogP contribution is 2.36. The summed E-state index contributed by atoms with van der Waals surface area (Å²) in [6.45, 7) is 1.47. The maximum Gasteiger partial charge on any atom is 0.323 e. The number of carbonyl (C=O) groups excluding carboxylic acids is 1. The van der Waals surface area contributed by atoms with Crippen LogP contribution in [0.3, 0.4) is 0 Å². The van der Waals surface area contributed by atoms with Crippen molar-refractivity contribution < 1.29 is 4.79 Å². The Balaban J connectivity index is 1.38. The predicted octanol–water partition coefficient (Wildman–Crippen LogP) is 3.12. The molecule has 6 heteroatoms. The van der Waals surface area contributed by atoms with Crippen LogP contribution in [0.4, 0.5) is 10.6 Å². The number of hydrogen-bond acceptors (Lipinski definition) is 3. The molecule has 0 radical (unpaired) electrons. The summed E-state index contributed by atoms with van der Waals surface area (Å²) in [5, 5.41) is 7.40. The maximum absolute atomic E-state index is 12.6. The Hall–Kier alpha value is -2.37. The Kier molecular flexibility index (Phi) is 4.19. The van der Waals surface area contributed by atoms with Gasteiger partial charge in [-0.1, -0.05) is 18.9 Å². The van der Waals surface area contributed by atoms with Crippen molar-refractivity contribution >= 4 is 11.8 Å². The lowest BCUT2D eigenvalue weighted by Gasteiger charge is -2.31. The lowest BCUT2D eigenvalue weighted by Crippen LogP contribution is -2.41. The van der Waals surface area contributed by atoms with Gasteiger partial charge in [0.1, 0.15) is 0 Å². The number of pyridine rings is 1. The van der Waals surface area contributed by atoms with Gasteiger partial charge in [-0.15, -0.1) is 0 Å². The van der Waals surface area contributed by atoms with Gasteiger partial charge in [0.15, 0.2) is 5.82 Å². The molecule has 2 aromatic heterocycles. The van der Waals surface area contributed by atoms with Crippen molar-refractivity contribution in [3.05, 3.63) is 42.4 Å². The second-order valence-electron chi connectivity index (χ2n) is 6.74. The molecule has 1 aliphatic carbocycles. The van der Waals surface area contributed by atoms with Crippen LogP contribution in [-0.2, 0) is 6.54 Å². The summed E-state index contributed by atoms with van der Waals surface area (Å²) in [5.74, 6) is 1.31. The zero-order valence-electron chi connectivity index (χ0n) is 13.8. The lowest BCUT2D eigenvalue weighted by atomic mass is 9.85. The molecule has 0 spiro atoms. The quantitative estimate of drug-likeness (QED) is 0.943. The van der Waals surface area contributed by atoms with E-state index in [1.807, 2.05) is 35.4 Å². The first-order chi connectivity index (χ1) is 11.8. The number of amides is 2. The molecular weight excluding hydrogens is 302 g/mol. The summed E-state index contributed by atoms with van der Waals surface area (Å²) in [7, 11) is 0. The molecule has 2 amide bonds. The second-order valence-corrected chi connectivity index (χ2v) is 6.74. The minimum Gasteiger partial charge on any atom is -0.321 e. The minimum atomic E-state index is -0.00696. The van der Waals surface area contributed by atoms with Crippen molar-refractivity contribution in [3.63, 3.8) is 0 Å². The number of nitrogens with one attached hydrogen (secondary N) is 1. The van der Waals surface area contributed by atoms with Crippen molar-refractivity contribution in [1.29, 1.82) is 0 Å². The molecule has 2 atom stereocenters. The Labute approximate surface area is 141 Å². The highest BCUT2D eigenvalue weighted by molar-refractivity contribution is 5.88. The molecule has 1 N–H and O–H groups in total. The van der Waals surface area contributed by atoms with Gasteiger partial charge in [-0.05, 0) is 37.3 Å². The topological polar surface area (TPSA) is 63.1 Å². The van der Waals surface area contributed by atoms with Crippen molar-refractivity contribution in [1.82, 2.24) is 19.7 Å². The molecule has 1 saturated heterocycles. The molecule has 0 unspecified atom stereocenters. The van der Waals surface area contributed by atoms with Gasteiger partial charge in [0, 0.05) is 31.0 Å². The number of aromatic nitrogens is 3. The zero-order valence-corrected chi connectivity index (χ0v) is 13.8. The number of rotatable bonds is 3. The fraction of sp³-hybridized carbons (Fsp3) is 0.500. The summed E-state index contributed by atoms with van der Waals surface area (Å²) >= 11 is 0. The van der Waals surface area contributed by atoms with E-state index >= 15 is 0 Å². The molecule has 1 aliphatic heterocycles. The lowest BCUT2D eigenvalue weighted by molar-refractivity contribution is 0.181. The van der Waals surface area contributed by atoms with Crippen molar-refractivity contribution in [2.45, 2.75) is 44.7 Å². The van der Waals surface area contributed by atoms with Gasteiger partial charge in [-0.2, -0.15) is 5.10 Å². The monoisotopic (exact) mass is 325 g/mol. The third kappa shape index (κ3) is 3.13. The van der Waals surface area contributed by atoms with E-state index in [1.54, 1.807) is 10.9 Å². The van der Waals surface area contributed by atoms with Crippen LogP contribution >= 0.6 is 0 Å². The van der Waals surface area contributed by atoms with Crippen LogP contribution in [0.1, 0.15) is 37.8 Å². The molecule has 3 heterocycles. The number of fused-ring (bicyclic) bond motifs is 1. The Morgan fingerprint density at radius 2 is 2.12 bits per heavy atom. The van der Waals surface area contributed by atoms with E-state index in [9.17, 15) is 4.79 Å². The largest absolute Gasteiger partial charge is 0.323 e. The third-order valence-corrected chi connectivity index (χ3v) is 5.20. The summed E-state index contributed by atoms with van der Waals surface area (Å²) in [6, 6.07) is 8.08. The van der Waals surface area contributed by atoms with Crippen LogP contribution in [0.2, 0.25) is 0 Å². The molecule has 2 aliphatic rings. The van der Waals surface area contributed by atoms with Crippen LogP contribution in [-0.4, -0.2) is 38.3 Å². The third-order valence-electron chi connectivity index (χ3n) is 5.20. The van der Waals surface area contributed by atoms with Crippen molar-refractivity contribution in [3.8, 4) is 0 Å². The van der Waals surface area contributed by atoms with E-state index in [0.717, 1.165) is 25.1 Å². The molecule has 6 nitrogen and oxygen atoms in total. The van der Waals surface area contributed by atoms with Crippen molar-refractivity contribution in [2.24, 2.45) is 5.92 Å². The van der Waals surface area contributed by atoms with Crippen LogP contribution in [0.5, 0.6) is 0 Å². The van der Waals surface area contributed by atoms with Gasteiger partial charge >= 0.3 is 6.03 Å². The number of nitrogens with zero attached hydrogens (tertiary/aromatic N) is 4. The van der Waals surface area contributed by atoms with E-state index in [1.165, 1.54) is 19.3 Å². The number of carbonyl (C=O) groups is 1. The average Bonchev–Trinajstić information content (AvgIpc) is 3.22. The first-order valence-corrected chi connectivity index (χ1v) is 8.80. The molecule has 126 valence electrons. The number of anilines is 1. The predicted molar refractivity (Wildman–Crippen MR) is 91.7 cm³/mol. The van der Waals surface area contributed by atoms with Gasteiger partial charge < -0.3 is 4.90 Å². The van der Waals surface area contributed by atoms with Crippen LogP contribution in [0.25, 0.3) is 0 Å². The Bertz CT molecular complexity index is 698. The highest BCUT2D eigenvalue weighted by atomic mass is 16.2. The minimum absolute atomic E-state index is 0.00696. The van der Waals surface area contributed by atoms with E-state index in [2.05, 4.69) is 15.4 Å². The molecule has 0 bridgehead atoms. The average molecular weight is 325 g/mol. The number of urea groups is 1. The Morgan fingerprint density at radius 1 is 1.21 bits per heavy atom. The van der Waals surface area contributed by atoms with E-state index in [0.29, 0.717) is 24.3 Å². The summed E-state index contributed by atoms with van der Waals surface area (Å²) in [5.41, 5.74) is 0.947. The smallest absolute Gasteiger partial charge is 0.321 e. The van der Waals surface area contributed by atoms with E-state index in [-0.39, 0.29) is 6.03 Å². The van der Waals surface area contributed by atoms with E-state index < -0.39 is 0 Å². The second kappa shape index (κ2) is 6.63. The maximum atomic E-state index is 12.6. The summed E-state index contributed by atoms with van der Waals surface area (Å²) in [6.07, 6.45) is 9.76. The van der Waals surface area contributed by atoms with Gasteiger partial charge in [-0.3, -0.25) is 15.0 Å².